The van der Waals surface area contributed by atoms with Gasteiger partial charge in [-0.15, -0.1) is 0 Å². The van der Waals surface area contributed by atoms with E-state index in [1.807, 2.05) is 0 Å². The lowest BCUT2D eigenvalue weighted by atomic mass is 10.2. The van der Waals surface area contributed by atoms with Crippen LogP contribution in [0.25, 0.3) is 6.08 Å². The van der Waals surface area contributed by atoms with Crippen molar-refractivity contribution in [2.45, 2.75) is 0 Å². The van der Waals surface area contributed by atoms with Crippen LogP contribution in [0, 0.1) is 5.82 Å². The monoisotopic (exact) mass is 182 g/mol. The van der Waals surface area contributed by atoms with Crippen LogP contribution >= 0.6 is 0 Å². The second-order valence-corrected chi connectivity index (χ2v) is 2.47. The first-order valence-corrected chi connectivity index (χ1v) is 3.89. The average Bonchev–Trinajstić information content (AvgIpc) is 2.16. The highest BCUT2D eigenvalue weighted by atomic mass is 19.1. The van der Waals surface area contributed by atoms with Crippen LogP contribution in [0.4, 0.5) is 4.39 Å². The van der Waals surface area contributed by atoms with E-state index in [-0.39, 0.29) is 12.4 Å². The molecule has 1 N–H and O–H groups in total. The standard InChI is InChI=1S/C10H11FO2/c1-13-9-5-4-8(3-2-6-12)10(11)7-9/h2-5,7,12H,6H2,1H3/b3-2+. The molecule has 0 fully saturated rings. The van der Waals surface area contributed by atoms with Gasteiger partial charge in [0.2, 0.25) is 0 Å². The summed E-state index contributed by atoms with van der Waals surface area (Å²) in [6, 6.07) is 4.57. The van der Waals surface area contributed by atoms with Crippen LogP contribution in [0.3, 0.4) is 0 Å². The molecule has 0 aliphatic heterocycles. The summed E-state index contributed by atoms with van der Waals surface area (Å²) in [5, 5.41) is 8.49. The largest absolute Gasteiger partial charge is 0.497 e. The number of halogens is 1. The van der Waals surface area contributed by atoms with Gasteiger partial charge in [0.25, 0.3) is 0 Å². The molecule has 0 aromatic heterocycles. The number of ether oxygens (including phenoxy) is 1. The summed E-state index contributed by atoms with van der Waals surface area (Å²) in [5.74, 6) is 0.127. The van der Waals surface area contributed by atoms with Gasteiger partial charge in [-0.2, -0.15) is 0 Å². The van der Waals surface area contributed by atoms with E-state index in [0.717, 1.165) is 0 Å². The molecule has 0 amide bonds. The van der Waals surface area contributed by atoms with Crippen molar-refractivity contribution < 1.29 is 14.2 Å². The summed E-state index contributed by atoms with van der Waals surface area (Å²) in [7, 11) is 1.48. The Labute approximate surface area is 76.3 Å². The molecule has 0 atom stereocenters. The van der Waals surface area contributed by atoms with Gasteiger partial charge >= 0.3 is 0 Å². The second kappa shape index (κ2) is 4.62. The van der Waals surface area contributed by atoms with Gasteiger partial charge in [-0.3, -0.25) is 0 Å². The highest BCUT2D eigenvalue weighted by molar-refractivity contribution is 5.51. The number of aliphatic hydroxyl groups excluding tert-OH is 1. The lowest BCUT2D eigenvalue weighted by Crippen LogP contribution is -1.87. The van der Waals surface area contributed by atoms with E-state index in [1.165, 1.54) is 25.3 Å². The Morgan fingerprint density at radius 3 is 2.85 bits per heavy atom. The maximum atomic E-state index is 13.1. The molecule has 0 spiro atoms. The van der Waals surface area contributed by atoms with Crippen molar-refractivity contribution in [2.24, 2.45) is 0 Å². The van der Waals surface area contributed by atoms with Crippen LogP contribution in [0.1, 0.15) is 5.56 Å². The summed E-state index contributed by atoms with van der Waals surface area (Å²) >= 11 is 0. The Balaban J connectivity index is 2.91. The Hall–Kier alpha value is -1.35. The number of hydrogen-bond acceptors (Lipinski definition) is 2. The molecule has 0 unspecified atom stereocenters. The van der Waals surface area contributed by atoms with Gasteiger partial charge in [0.15, 0.2) is 0 Å². The molecule has 3 heteroatoms. The Morgan fingerprint density at radius 2 is 2.31 bits per heavy atom. The van der Waals surface area contributed by atoms with Crippen LogP contribution in [-0.2, 0) is 0 Å². The van der Waals surface area contributed by atoms with Crippen molar-refractivity contribution in [1.29, 1.82) is 0 Å². The summed E-state index contributed by atoms with van der Waals surface area (Å²) in [4.78, 5) is 0. The minimum Gasteiger partial charge on any atom is -0.497 e. The van der Waals surface area contributed by atoms with Crippen molar-refractivity contribution in [2.75, 3.05) is 13.7 Å². The normalized spacial score (nSPS) is 10.7. The van der Waals surface area contributed by atoms with Crippen molar-refractivity contribution in [3.05, 3.63) is 35.7 Å². The zero-order chi connectivity index (χ0) is 9.68. The number of aliphatic hydroxyl groups is 1. The fraction of sp³-hybridized carbons (Fsp3) is 0.200. The lowest BCUT2D eigenvalue weighted by molar-refractivity contribution is 0.343. The van der Waals surface area contributed by atoms with Gasteiger partial charge in [-0.1, -0.05) is 12.2 Å². The van der Waals surface area contributed by atoms with E-state index in [1.54, 1.807) is 12.1 Å². The first kappa shape index (κ1) is 9.74. The number of rotatable bonds is 3. The minimum atomic E-state index is -0.357. The highest BCUT2D eigenvalue weighted by Gasteiger charge is 1.99. The molecular formula is C10H11FO2. The van der Waals surface area contributed by atoms with E-state index >= 15 is 0 Å². The third-order valence-electron chi connectivity index (χ3n) is 1.61. The molecule has 2 nitrogen and oxygen atoms in total. The number of methoxy groups -OCH3 is 1. The fourth-order valence-corrected chi connectivity index (χ4v) is 0.950. The maximum absolute atomic E-state index is 13.1. The fourth-order valence-electron chi connectivity index (χ4n) is 0.950. The summed E-state index contributed by atoms with van der Waals surface area (Å²) in [5.41, 5.74) is 0.440. The van der Waals surface area contributed by atoms with Crippen LogP contribution in [0.2, 0.25) is 0 Å². The van der Waals surface area contributed by atoms with Crippen LogP contribution < -0.4 is 4.74 Å². The van der Waals surface area contributed by atoms with Gasteiger partial charge in [0, 0.05) is 11.6 Å². The molecule has 0 saturated carbocycles. The van der Waals surface area contributed by atoms with Crippen LogP contribution in [0.5, 0.6) is 5.75 Å². The Bertz CT molecular complexity index is 308. The molecule has 0 bridgehead atoms. The van der Waals surface area contributed by atoms with Gasteiger partial charge in [-0.05, 0) is 12.1 Å². The molecule has 0 heterocycles. The molecule has 0 radical (unpaired) electrons. The zero-order valence-corrected chi connectivity index (χ0v) is 7.33. The molecule has 1 aromatic carbocycles. The van der Waals surface area contributed by atoms with Crippen molar-refractivity contribution in [1.82, 2.24) is 0 Å². The maximum Gasteiger partial charge on any atom is 0.134 e. The highest BCUT2D eigenvalue weighted by Crippen LogP contribution is 2.16. The third kappa shape index (κ3) is 2.56. The van der Waals surface area contributed by atoms with Gasteiger partial charge < -0.3 is 9.84 Å². The van der Waals surface area contributed by atoms with Gasteiger partial charge in [0.05, 0.1) is 13.7 Å². The van der Waals surface area contributed by atoms with Crippen molar-refractivity contribution >= 4 is 6.08 Å². The van der Waals surface area contributed by atoms with Gasteiger partial charge in [-0.25, -0.2) is 4.39 Å². The summed E-state index contributed by atoms with van der Waals surface area (Å²) < 4.78 is 18.0. The Kier molecular flexibility index (Phi) is 3.46. The topological polar surface area (TPSA) is 29.5 Å². The first-order chi connectivity index (χ1) is 6.27. The first-order valence-electron chi connectivity index (χ1n) is 3.89. The van der Waals surface area contributed by atoms with Crippen molar-refractivity contribution in [3.8, 4) is 5.75 Å². The predicted octanol–water partition coefficient (Wildman–Crippen LogP) is 1.84. The number of benzene rings is 1. The van der Waals surface area contributed by atoms with E-state index in [9.17, 15) is 4.39 Å². The van der Waals surface area contributed by atoms with E-state index in [4.69, 9.17) is 9.84 Å². The summed E-state index contributed by atoms with van der Waals surface area (Å²) in [6.07, 6.45) is 3.00. The molecule has 1 aromatic rings. The molecule has 70 valence electrons. The van der Waals surface area contributed by atoms with Crippen LogP contribution in [0.15, 0.2) is 24.3 Å². The Morgan fingerprint density at radius 1 is 1.54 bits per heavy atom. The molecule has 13 heavy (non-hydrogen) atoms. The molecule has 1 rings (SSSR count). The lowest BCUT2D eigenvalue weighted by Gasteiger charge is -2.01. The van der Waals surface area contributed by atoms with Crippen LogP contribution in [-0.4, -0.2) is 18.8 Å². The summed E-state index contributed by atoms with van der Waals surface area (Å²) in [6.45, 7) is -0.0918. The average molecular weight is 182 g/mol. The van der Waals surface area contributed by atoms with Crippen molar-refractivity contribution in [3.63, 3.8) is 0 Å². The van der Waals surface area contributed by atoms with E-state index in [0.29, 0.717) is 11.3 Å². The molecule has 0 aliphatic carbocycles. The van der Waals surface area contributed by atoms with E-state index in [2.05, 4.69) is 0 Å². The molecule has 0 saturated heterocycles. The third-order valence-corrected chi connectivity index (χ3v) is 1.61. The zero-order valence-electron chi connectivity index (χ0n) is 7.33. The smallest absolute Gasteiger partial charge is 0.134 e. The quantitative estimate of drug-likeness (QED) is 0.772. The van der Waals surface area contributed by atoms with Gasteiger partial charge in [0.1, 0.15) is 11.6 Å². The second-order valence-electron chi connectivity index (χ2n) is 2.47. The minimum absolute atomic E-state index is 0.0918. The predicted molar refractivity (Wildman–Crippen MR) is 49.1 cm³/mol. The molecular weight excluding hydrogens is 171 g/mol. The van der Waals surface area contributed by atoms with E-state index < -0.39 is 0 Å². The number of hydrogen-bond donors (Lipinski definition) is 1. The SMILES string of the molecule is COc1ccc(/C=C/CO)c(F)c1. The molecule has 0 aliphatic rings.